The summed E-state index contributed by atoms with van der Waals surface area (Å²) < 4.78 is 0. The van der Waals surface area contributed by atoms with Crippen LogP contribution in [-0.2, 0) is 0 Å². The van der Waals surface area contributed by atoms with Crippen LogP contribution in [0.4, 0.5) is 0 Å². The van der Waals surface area contributed by atoms with E-state index in [1.54, 1.807) is 6.20 Å². The molecule has 2 atom stereocenters. The minimum atomic E-state index is 0.0105. The third kappa shape index (κ3) is 2.76. The van der Waals surface area contributed by atoms with E-state index in [2.05, 4.69) is 4.98 Å². The number of nitrogens with zero attached hydrogens (tertiary/aromatic N) is 2. The lowest BCUT2D eigenvalue weighted by molar-refractivity contribution is 0.0584. The molecule has 0 saturated carbocycles. The molecule has 4 heteroatoms. The normalized spacial score (nSPS) is 20.5. The fourth-order valence-corrected chi connectivity index (χ4v) is 3.13. The van der Waals surface area contributed by atoms with Gasteiger partial charge in [-0.1, -0.05) is 6.07 Å². The summed E-state index contributed by atoms with van der Waals surface area (Å²) in [5.41, 5.74) is 7.70. The molecule has 0 bridgehead atoms. The number of aromatic nitrogens is 1. The van der Waals surface area contributed by atoms with Gasteiger partial charge in [0.05, 0.1) is 5.52 Å². The first kappa shape index (κ1) is 14.0. The Hall–Kier alpha value is -1.94. The van der Waals surface area contributed by atoms with E-state index in [1.807, 2.05) is 42.2 Å². The van der Waals surface area contributed by atoms with Crippen LogP contribution in [0.25, 0.3) is 10.9 Å². The Morgan fingerprint density at radius 3 is 3.05 bits per heavy atom. The highest BCUT2D eigenvalue weighted by Crippen LogP contribution is 2.22. The molecule has 0 radical (unpaired) electrons. The van der Waals surface area contributed by atoms with Gasteiger partial charge in [-0.25, -0.2) is 0 Å². The summed E-state index contributed by atoms with van der Waals surface area (Å²) in [4.78, 5) is 19.1. The Kier molecular flexibility index (Phi) is 3.88. The van der Waals surface area contributed by atoms with E-state index in [-0.39, 0.29) is 18.0 Å². The molecule has 1 fully saturated rings. The van der Waals surface area contributed by atoms with Crippen LogP contribution in [0.1, 0.15) is 36.5 Å². The molecule has 0 spiro atoms. The molecule has 3 rings (SSSR count). The van der Waals surface area contributed by atoms with Crippen molar-refractivity contribution >= 4 is 16.8 Å². The minimum Gasteiger partial charge on any atom is -0.334 e. The summed E-state index contributed by atoms with van der Waals surface area (Å²) in [5, 5.41) is 0.998. The second-order valence-electron chi connectivity index (χ2n) is 5.83. The largest absolute Gasteiger partial charge is 0.334 e. The molecule has 2 unspecified atom stereocenters. The SMILES string of the molecule is CC(N)C1CCCCN1C(=O)c1ccc2ncccc2c1. The van der Waals surface area contributed by atoms with Crippen LogP contribution < -0.4 is 5.73 Å². The Morgan fingerprint density at radius 1 is 1.38 bits per heavy atom. The highest BCUT2D eigenvalue weighted by molar-refractivity contribution is 5.98. The fraction of sp³-hybridized carbons (Fsp3) is 0.412. The molecular formula is C17H21N3O. The number of hydrogen-bond acceptors (Lipinski definition) is 3. The van der Waals surface area contributed by atoms with Gasteiger partial charge in [0.2, 0.25) is 0 Å². The van der Waals surface area contributed by atoms with E-state index >= 15 is 0 Å². The number of carbonyl (C=O) groups is 1. The van der Waals surface area contributed by atoms with Gasteiger partial charge in [0, 0.05) is 35.8 Å². The first-order valence-corrected chi connectivity index (χ1v) is 7.58. The van der Waals surface area contributed by atoms with E-state index < -0.39 is 0 Å². The molecule has 1 aliphatic rings. The quantitative estimate of drug-likeness (QED) is 0.921. The molecule has 1 aliphatic heterocycles. The molecule has 4 nitrogen and oxygen atoms in total. The van der Waals surface area contributed by atoms with Gasteiger partial charge in [-0.2, -0.15) is 0 Å². The van der Waals surface area contributed by atoms with Crippen LogP contribution in [0, 0.1) is 0 Å². The van der Waals surface area contributed by atoms with E-state index in [9.17, 15) is 4.79 Å². The lowest BCUT2D eigenvalue weighted by Gasteiger charge is -2.38. The maximum Gasteiger partial charge on any atom is 0.254 e. The Morgan fingerprint density at radius 2 is 2.24 bits per heavy atom. The molecule has 110 valence electrons. The zero-order chi connectivity index (χ0) is 14.8. The summed E-state index contributed by atoms with van der Waals surface area (Å²) in [5.74, 6) is 0.0859. The number of piperidine rings is 1. The van der Waals surface area contributed by atoms with Crippen molar-refractivity contribution in [2.24, 2.45) is 5.73 Å². The molecule has 2 N–H and O–H groups in total. The average molecular weight is 283 g/mol. The van der Waals surface area contributed by atoms with Crippen molar-refractivity contribution in [1.82, 2.24) is 9.88 Å². The standard InChI is InChI=1S/C17H21N3O/c1-12(18)16-6-2-3-10-20(16)17(21)14-7-8-15-13(11-14)5-4-9-19-15/h4-5,7-9,11-12,16H,2-3,6,10,18H2,1H3. The van der Waals surface area contributed by atoms with E-state index in [4.69, 9.17) is 5.73 Å². The van der Waals surface area contributed by atoms with Crippen molar-refractivity contribution < 1.29 is 4.79 Å². The number of amides is 1. The molecule has 0 aliphatic carbocycles. The number of nitrogens with two attached hydrogens (primary N) is 1. The van der Waals surface area contributed by atoms with Gasteiger partial charge in [-0.3, -0.25) is 9.78 Å². The maximum atomic E-state index is 12.8. The van der Waals surface area contributed by atoms with E-state index in [1.165, 1.54) is 0 Å². The zero-order valence-corrected chi connectivity index (χ0v) is 12.3. The number of hydrogen-bond donors (Lipinski definition) is 1. The first-order valence-electron chi connectivity index (χ1n) is 7.58. The maximum absolute atomic E-state index is 12.8. The van der Waals surface area contributed by atoms with Gasteiger partial charge in [0.25, 0.3) is 5.91 Å². The summed E-state index contributed by atoms with van der Waals surface area (Å²) in [6, 6.07) is 9.74. The van der Waals surface area contributed by atoms with Crippen molar-refractivity contribution in [2.75, 3.05) is 6.54 Å². The van der Waals surface area contributed by atoms with Crippen molar-refractivity contribution in [1.29, 1.82) is 0 Å². The van der Waals surface area contributed by atoms with Gasteiger partial charge in [-0.15, -0.1) is 0 Å². The lowest BCUT2D eigenvalue weighted by atomic mass is 9.96. The highest BCUT2D eigenvalue weighted by Gasteiger charge is 2.29. The number of carbonyl (C=O) groups excluding carboxylic acids is 1. The molecule has 1 aromatic heterocycles. The van der Waals surface area contributed by atoms with Crippen LogP contribution in [0.15, 0.2) is 36.5 Å². The third-order valence-electron chi connectivity index (χ3n) is 4.27. The number of pyridine rings is 1. The molecule has 2 heterocycles. The first-order chi connectivity index (χ1) is 10.2. The number of likely N-dealkylation sites (tertiary alicyclic amines) is 1. The van der Waals surface area contributed by atoms with Crippen LogP contribution in [0.3, 0.4) is 0 Å². The van der Waals surface area contributed by atoms with Crippen molar-refractivity contribution in [3.05, 3.63) is 42.1 Å². The Bertz CT molecular complexity index is 653. The fourth-order valence-electron chi connectivity index (χ4n) is 3.13. The van der Waals surface area contributed by atoms with Crippen LogP contribution in [0.5, 0.6) is 0 Å². The van der Waals surface area contributed by atoms with Gasteiger partial charge in [-0.05, 0) is 50.5 Å². The number of fused-ring (bicyclic) bond motifs is 1. The van der Waals surface area contributed by atoms with E-state index in [0.29, 0.717) is 0 Å². The van der Waals surface area contributed by atoms with Gasteiger partial charge < -0.3 is 10.6 Å². The topological polar surface area (TPSA) is 59.2 Å². The third-order valence-corrected chi connectivity index (χ3v) is 4.27. The average Bonchev–Trinajstić information content (AvgIpc) is 2.53. The molecular weight excluding hydrogens is 262 g/mol. The monoisotopic (exact) mass is 283 g/mol. The Balaban J connectivity index is 1.91. The van der Waals surface area contributed by atoms with Crippen molar-refractivity contribution in [3.63, 3.8) is 0 Å². The molecule has 1 amide bonds. The predicted octanol–water partition coefficient (Wildman–Crippen LogP) is 2.58. The molecule has 21 heavy (non-hydrogen) atoms. The molecule has 2 aromatic rings. The van der Waals surface area contributed by atoms with Crippen LogP contribution >= 0.6 is 0 Å². The second-order valence-corrected chi connectivity index (χ2v) is 5.83. The highest BCUT2D eigenvalue weighted by atomic mass is 16.2. The van der Waals surface area contributed by atoms with Gasteiger partial charge >= 0.3 is 0 Å². The summed E-state index contributed by atoms with van der Waals surface area (Å²) in [6.45, 7) is 2.79. The second kappa shape index (κ2) is 5.82. The number of benzene rings is 1. The predicted molar refractivity (Wildman–Crippen MR) is 84.1 cm³/mol. The number of rotatable bonds is 2. The van der Waals surface area contributed by atoms with Gasteiger partial charge in [0.15, 0.2) is 0 Å². The summed E-state index contributed by atoms with van der Waals surface area (Å²) in [7, 11) is 0. The smallest absolute Gasteiger partial charge is 0.254 e. The molecule has 1 aromatic carbocycles. The van der Waals surface area contributed by atoms with Crippen LogP contribution in [0.2, 0.25) is 0 Å². The van der Waals surface area contributed by atoms with Crippen molar-refractivity contribution in [2.45, 2.75) is 38.3 Å². The van der Waals surface area contributed by atoms with Crippen LogP contribution in [-0.4, -0.2) is 34.4 Å². The lowest BCUT2D eigenvalue weighted by Crippen LogP contribution is -2.51. The summed E-state index contributed by atoms with van der Waals surface area (Å²) in [6.07, 6.45) is 4.97. The minimum absolute atomic E-state index is 0.0105. The van der Waals surface area contributed by atoms with Gasteiger partial charge in [0.1, 0.15) is 0 Å². The zero-order valence-electron chi connectivity index (χ0n) is 12.3. The molecule has 1 saturated heterocycles. The van der Waals surface area contributed by atoms with Crippen molar-refractivity contribution in [3.8, 4) is 0 Å². The Labute approximate surface area is 125 Å². The summed E-state index contributed by atoms with van der Waals surface area (Å²) >= 11 is 0. The van der Waals surface area contributed by atoms with E-state index in [0.717, 1.165) is 42.3 Å².